The van der Waals surface area contributed by atoms with Crippen molar-refractivity contribution in [1.29, 1.82) is 0 Å². The molecule has 4 nitrogen and oxygen atoms in total. The van der Waals surface area contributed by atoms with Crippen molar-refractivity contribution in [1.82, 2.24) is 4.90 Å². The standard InChI is InChI=1S/C13H22BrNO3/c14-8-6-4-2-1-3-5-7-9-15-12(16)10-18-11-13(15)17/h1-11H2. The molecule has 1 fully saturated rings. The maximum absolute atomic E-state index is 11.4. The van der Waals surface area contributed by atoms with E-state index in [0.717, 1.165) is 18.2 Å². The zero-order valence-electron chi connectivity index (χ0n) is 10.8. The molecule has 1 aliphatic rings. The Hall–Kier alpha value is -0.420. The summed E-state index contributed by atoms with van der Waals surface area (Å²) in [7, 11) is 0. The minimum atomic E-state index is -0.191. The lowest BCUT2D eigenvalue weighted by Gasteiger charge is -2.24. The highest BCUT2D eigenvalue weighted by Gasteiger charge is 2.25. The molecule has 1 rings (SSSR count). The first-order valence-corrected chi connectivity index (χ1v) is 7.84. The van der Waals surface area contributed by atoms with Crippen LogP contribution in [-0.2, 0) is 14.3 Å². The van der Waals surface area contributed by atoms with Gasteiger partial charge in [0, 0.05) is 11.9 Å². The molecule has 0 bridgehead atoms. The summed E-state index contributed by atoms with van der Waals surface area (Å²) in [6, 6.07) is 0. The molecule has 0 radical (unpaired) electrons. The summed E-state index contributed by atoms with van der Waals surface area (Å²) in [4.78, 5) is 24.2. The van der Waals surface area contributed by atoms with Crippen LogP contribution in [0.5, 0.6) is 0 Å². The van der Waals surface area contributed by atoms with Crippen molar-refractivity contribution < 1.29 is 14.3 Å². The number of hydrogen-bond acceptors (Lipinski definition) is 3. The van der Waals surface area contributed by atoms with Gasteiger partial charge in [-0.25, -0.2) is 0 Å². The molecule has 0 aromatic heterocycles. The Balaban J connectivity index is 2.00. The number of rotatable bonds is 9. The number of morpholine rings is 1. The van der Waals surface area contributed by atoms with Crippen LogP contribution < -0.4 is 0 Å². The Morgan fingerprint density at radius 2 is 1.39 bits per heavy atom. The van der Waals surface area contributed by atoms with Gasteiger partial charge in [-0.3, -0.25) is 14.5 Å². The van der Waals surface area contributed by atoms with Crippen LogP contribution >= 0.6 is 15.9 Å². The van der Waals surface area contributed by atoms with Crippen molar-refractivity contribution in [2.24, 2.45) is 0 Å². The molecule has 0 unspecified atom stereocenters. The van der Waals surface area contributed by atoms with E-state index in [-0.39, 0.29) is 25.0 Å². The van der Waals surface area contributed by atoms with Crippen LogP contribution in [-0.4, -0.2) is 41.8 Å². The normalized spacial score (nSPS) is 16.4. The first-order valence-electron chi connectivity index (χ1n) is 6.72. The fourth-order valence-electron chi connectivity index (χ4n) is 2.02. The van der Waals surface area contributed by atoms with Crippen LogP contribution in [0.2, 0.25) is 0 Å². The zero-order valence-corrected chi connectivity index (χ0v) is 12.4. The van der Waals surface area contributed by atoms with Gasteiger partial charge in [-0.15, -0.1) is 0 Å². The van der Waals surface area contributed by atoms with Crippen molar-refractivity contribution in [3.05, 3.63) is 0 Å². The number of hydrogen-bond donors (Lipinski definition) is 0. The zero-order chi connectivity index (χ0) is 13.2. The van der Waals surface area contributed by atoms with Gasteiger partial charge in [0.15, 0.2) is 0 Å². The third-order valence-corrected chi connectivity index (χ3v) is 3.63. The van der Waals surface area contributed by atoms with Crippen molar-refractivity contribution >= 4 is 27.7 Å². The maximum atomic E-state index is 11.4. The molecule has 0 spiro atoms. The average molecular weight is 320 g/mol. The largest absolute Gasteiger partial charge is 0.362 e. The summed E-state index contributed by atoms with van der Waals surface area (Å²) in [5.41, 5.74) is 0. The molecule has 5 heteroatoms. The Morgan fingerprint density at radius 3 is 1.94 bits per heavy atom. The number of alkyl halides is 1. The van der Waals surface area contributed by atoms with Crippen LogP contribution in [0.1, 0.15) is 44.9 Å². The van der Waals surface area contributed by atoms with Gasteiger partial charge in [0.2, 0.25) is 0 Å². The van der Waals surface area contributed by atoms with Gasteiger partial charge >= 0.3 is 0 Å². The molecule has 104 valence electrons. The second-order valence-corrected chi connectivity index (χ2v) is 5.39. The van der Waals surface area contributed by atoms with E-state index in [1.54, 1.807) is 0 Å². The Morgan fingerprint density at radius 1 is 0.889 bits per heavy atom. The molecule has 2 amide bonds. The predicted molar refractivity (Wildman–Crippen MR) is 73.7 cm³/mol. The van der Waals surface area contributed by atoms with Gasteiger partial charge < -0.3 is 4.74 Å². The molecular formula is C13H22BrNO3. The van der Waals surface area contributed by atoms with E-state index in [1.165, 1.54) is 37.0 Å². The van der Waals surface area contributed by atoms with Gasteiger partial charge in [-0.2, -0.15) is 0 Å². The molecule has 1 heterocycles. The van der Waals surface area contributed by atoms with Gasteiger partial charge in [0.1, 0.15) is 13.2 Å². The van der Waals surface area contributed by atoms with Crippen molar-refractivity contribution in [3.63, 3.8) is 0 Å². The monoisotopic (exact) mass is 319 g/mol. The second-order valence-electron chi connectivity index (χ2n) is 4.60. The third kappa shape index (κ3) is 5.96. The number of imide groups is 1. The molecule has 0 aliphatic carbocycles. The molecule has 1 aliphatic heterocycles. The van der Waals surface area contributed by atoms with E-state index in [0.29, 0.717) is 6.54 Å². The van der Waals surface area contributed by atoms with Crippen LogP contribution in [0, 0.1) is 0 Å². The van der Waals surface area contributed by atoms with Gasteiger partial charge in [0.05, 0.1) is 0 Å². The predicted octanol–water partition coefficient (Wildman–Crippen LogP) is 2.50. The Labute approximate surface area is 117 Å². The Bertz CT molecular complexity index is 255. The fraction of sp³-hybridized carbons (Fsp3) is 0.846. The average Bonchev–Trinajstić information content (AvgIpc) is 2.35. The van der Waals surface area contributed by atoms with E-state index >= 15 is 0 Å². The lowest BCUT2D eigenvalue weighted by Crippen LogP contribution is -2.46. The van der Waals surface area contributed by atoms with Crippen molar-refractivity contribution in [3.8, 4) is 0 Å². The number of nitrogens with zero attached hydrogens (tertiary/aromatic N) is 1. The summed E-state index contributed by atoms with van der Waals surface area (Å²) in [6.45, 7) is 0.666. The molecule has 1 saturated heterocycles. The number of halogens is 1. The first kappa shape index (κ1) is 15.6. The first-order chi connectivity index (χ1) is 8.75. The van der Waals surface area contributed by atoms with E-state index < -0.39 is 0 Å². The van der Waals surface area contributed by atoms with Gasteiger partial charge in [-0.1, -0.05) is 48.0 Å². The Kier molecular flexibility index (Phi) is 8.25. The quantitative estimate of drug-likeness (QED) is 0.372. The summed E-state index contributed by atoms with van der Waals surface area (Å²) in [5.74, 6) is -0.382. The number of amides is 2. The van der Waals surface area contributed by atoms with E-state index in [1.807, 2.05) is 0 Å². The highest BCUT2D eigenvalue weighted by atomic mass is 79.9. The molecular weight excluding hydrogens is 298 g/mol. The molecule has 0 saturated carbocycles. The van der Waals surface area contributed by atoms with Crippen LogP contribution in [0.4, 0.5) is 0 Å². The van der Waals surface area contributed by atoms with Crippen molar-refractivity contribution in [2.45, 2.75) is 44.9 Å². The number of ether oxygens (including phenoxy) is 1. The van der Waals surface area contributed by atoms with E-state index in [2.05, 4.69) is 15.9 Å². The SMILES string of the molecule is O=C1COCC(=O)N1CCCCCCCCCBr. The minimum absolute atomic E-state index is 0.0539. The molecule has 0 atom stereocenters. The summed E-state index contributed by atoms with van der Waals surface area (Å²) < 4.78 is 4.86. The number of carbonyl (C=O) groups excluding carboxylic acids is 2. The lowest BCUT2D eigenvalue weighted by molar-refractivity contribution is -0.158. The highest BCUT2D eigenvalue weighted by molar-refractivity contribution is 9.09. The number of unbranched alkanes of at least 4 members (excludes halogenated alkanes) is 6. The highest BCUT2D eigenvalue weighted by Crippen LogP contribution is 2.09. The fourth-order valence-corrected chi connectivity index (χ4v) is 2.41. The topological polar surface area (TPSA) is 46.6 Å². The molecule has 0 N–H and O–H groups in total. The van der Waals surface area contributed by atoms with E-state index in [9.17, 15) is 9.59 Å². The smallest absolute Gasteiger partial charge is 0.255 e. The molecule has 18 heavy (non-hydrogen) atoms. The minimum Gasteiger partial charge on any atom is -0.362 e. The van der Waals surface area contributed by atoms with Crippen LogP contribution in [0.3, 0.4) is 0 Å². The van der Waals surface area contributed by atoms with Gasteiger partial charge in [0.25, 0.3) is 11.8 Å². The van der Waals surface area contributed by atoms with E-state index in [4.69, 9.17) is 4.74 Å². The second kappa shape index (κ2) is 9.50. The summed E-state index contributed by atoms with van der Waals surface area (Å²) in [5, 5.41) is 1.09. The van der Waals surface area contributed by atoms with Crippen LogP contribution in [0.25, 0.3) is 0 Å². The lowest BCUT2D eigenvalue weighted by atomic mass is 10.1. The summed E-state index contributed by atoms with van der Waals surface area (Å²) in [6.07, 6.45) is 8.25. The maximum Gasteiger partial charge on any atom is 0.255 e. The van der Waals surface area contributed by atoms with Crippen LogP contribution in [0.15, 0.2) is 0 Å². The van der Waals surface area contributed by atoms with Gasteiger partial charge in [-0.05, 0) is 12.8 Å². The third-order valence-electron chi connectivity index (χ3n) is 3.07. The summed E-state index contributed by atoms with van der Waals surface area (Å²) >= 11 is 3.42. The molecule has 0 aromatic carbocycles. The molecule has 0 aromatic rings. The number of carbonyl (C=O) groups is 2. The van der Waals surface area contributed by atoms with Crippen molar-refractivity contribution in [2.75, 3.05) is 25.1 Å².